The Hall–Kier alpha value is -2.85. The summed E-state index contributed by atoms with van der Waals surface area (Å²) in [7, 11) is -1.61. The van der Waals surface area contributed by atoms with Crippen LogP contribution >= 0.6 is 0 Å². The Morgan fingerprint density at radius 2 is 2.12 bits per heavy atom. The van der Waals surface area contributed by atoms with Crippen molar-refractivity contribution < 1.29 is 22.3 Å². The van der Waals surface area contributed by atoms with Gasteiger partial charge < -0.3 is 10.1 Å². The number of nitrogens with zero attached hydrogens (tertiary/aromatic N) is 3. The Kier molecular flexibility index (Phi) is 6.00. The van der Waals surface area contributed by atoms with Crippen molar-refractivity contribution in [3.05, 3.63) is 47.4 Å². The van der Waals surface area contributed by atoms with E-state index >= 15 is 0 Å². The number of nitrogens with one attached hydrogen (secondary N) is 1. The molecule has 0 bridgehead atoms. The van der Waals surface area contributed by atoms with Crippen LogP contribution in [0.4, 0.5) is 4.39 Å². The molecule has 32 heavy (non-hydrogen) atoms. The van der Waals surface area contributed by atoms with Gasteiger partial charge in [0.05, 0.1) is 46.5 Å². The first-order valence-electron chi connectivity index (χ1n) is 10.3. The van der Waals surface area contributed by atoms with Crippen molar-refractivity contribution in [3.63, 3.8) is 0 Å². The zero-order valence-electron chi connectivity index (χ0n) is 18.1. The minimum atomic E-state index is -3.16. The van der Waals surface area contributed by atoms with Gasteiger partial charge in [0.1, 0.15) is 5.82 Å². The first kappa shape index (κ1) is 22.3. The normalized spacial score (nSPS) is 18.7. The Balaban J connectivity index is 1.91. The standard InChI is InChI=1S/C22H25FN4O4S/c1-13(11-31-3)24-22(28)17-10-19(16-6-4-5-7-18(16)23)25-21-20(17)14(2)26-27(21)15-8-9-32(29,30)12-15/h4-7,10,13,15H,8-9,11-12H2,1-3H3,(H,24,28). The maximum absolute atomic E-state index is 14.6. The lowest BCUT2D eigenvalue weighted by atomic mass is 10.0. The van der Waals surface area contributed by atoms with Crippen LogP contribution in [0.25, 0.3) is 22.3 Å². The summed E-state index contributed by atoms with van der Waals surface area (Å²) in [4.78, 5) is 17.8. The van der Waals surface area contributed by atoms with Gasteiger partial charge in [0, 0.05) is 18.7 Å². The van der Waals surface area contributed by atoms with Gasteiger partial charge in [0.2, 0.25) is 0 Å². The summed E-state index contributed by atoms with van der Waals surface area (Å²) in [5.41, 5.74) is 1.76. The molecule has 2 atom stereocenters. The quantitative estimate of drug-likeness (QED) is 0.607. The third-order valence-corrected chi connectivity index (χ3v) is 7.33. The average Bonchev–Trinajstić information content (AvgIpc) is 3.26. The van der Waals surface area contributed by atoms with Gasteiger partial charge in [-0.15, -0.1) is 0 Å². The van der Waals surface area contributed by atoms with Gasteiger partial charge in [-0.3, -0.25) is 4.79 Å². The first-order chi connectivity index (χ1) is 15.2. The number of fused-ring (bicyclic) bond motifs is 1. The number of benzene rings is 1. The van der Waals surface area contributed by atoms with E-state index in [4.69, 9.17) is 4.74 Å². The average molecular weight is 461 g/mol. The number of amides is 1. The molecule has 1 fully saturated rings. The molecule has 1 N–H and O–H groups in total. The molecule has 2 unspecified atom stereocenters. The molecule has 8 nitrogen and oxygen atoms in total. The summed E-state index contributed by atoms with van der Waals surface area (Å²) in [5, 5.41) is 7.95. The van der Waals surface area contributed by atoms with Crippen LogP contribution in [0.3, 0.4) is 0 Å². The van der Waals surface area contributed by atoms with Crippen LogP contribution in [0.2, 0.25) is 0 Å². The van der Waals surface area contributed by atoms with Crippen LogP contribution in [0.1, 0.15) is 35.4 Å². The number of hydrogen-bond acceptors (Lipinski definition) is 6. The molecule has 0 saturated carbocycles. The maximum Gasteiger partial charge on any atom is 0.252 e. The van der Waals surface area contributed by atoms with Crippen LogP contribution < -0.4 is 5.32 Å². The van der Waals surface area contributed by atoms with Crippen LogP contribution in [-0.4, -0.2) is 60.4 Å². The van der Waals surface area contributed by atoms with Gasteiger partial charge in [-0.25, -0.2) is 22.5 Å². The van der Waals surface area contributed by atoms with Gasteiger partial charge in [0.15, 0.2) is 15.5 Å². The number of ether oxygens (including phenoxy) is 1. The molecule has 3 aromatic rings. The summed E-state index contributed by atoms with van der Waals surface area (Å²) in [6, 6.07) is 7.11. The molecule has 0 radical (unpaired) electrons. The van der Waals surface area contributed by atoms with Gasteiger partial charge in [-0.2, -0.15) is 5.10 Å². The number of sulfone groups is 1. The molecule has 1 saturated heterocycles. The fraction of sp³-hybridized carbons (Fsp3) is 0.409. The van der Waals surface area contributed by atoms with Crippen molar-refractivity contribution in [1.82, 2.24) is 20.1 Å². The summed E-state index contributed by atoms with van der Waals surface area (Å²) in [6.07, 6.45) is 0.413. The first-order valence-corrected chi connectivity index (χ1v) is 12.2. The summed E-state index contributed by atoms with van der Waals surface area (Å²) >= 11 is 0. The molecular weight excluding hydrogens is 435 g/mol. The number of carbonyl (C=O) groups excluding carboxylic acids is 1. The number of methoxy groups -OCH3 is 1. The van der Waals surface area contributed by atoms with E-state index in [-0.39, 0.29) is 40.8 Å². The smallest absolute Gasteiger partial charge is 0.252 e. The van der Waals surface area contributed by atoms with Crippen molar-refractivity contribution in [2.24, 2.45) is 0 Å². The fourth-order valence-corrected chi connectivity index (χ4v) is 5.81. The van der Waals surface area contributed by atoms with Crippen molar-refractivity contribution in [1.29, 1.82) is 0 Å². The second kappa shape index (κ2) is 8.59. The second-order valence-corrected chi connectivity index (χ2v) is 10.4. The third kappa shape index (κ3) is 4.24. The highest BCUT2D eigenvalue weighted by Gasteiger charge is 2.32. The van der Waals surface area contributed by atoms with Crippen LogP contribution in [0.15, 0.2) is 30.3 Å². The lowest BCUT2D eigenvalue weighted by molar-refractivity contribution is 0.0907. The van der Waals surface area contributed by atoms with Crippen LogP contribution in [0.5, 0.6) is 0 Å². The Morgan fingerprint density at radius 1 is 1.38 bits per heavy atom. The third-order valence-electron chi connectivity index (χ3n) is 5.58. The topological polar surface area (TPSA) is 103 Å². The highest BCUT2D eigenvalue weighted by molar-refractivity contribution is 7.91. The van der Waals surface area contributed by atoms with E-state index in [2.05, 4.69) is 15.4 Å². The number of pyridine rings is 1. The number of hydrogen-bond donors (Lipinski definition) is 1. The van der Waals surface area contributed by atoms with Crippen molar-refractivity contribution in [2.75, 3.05) is 25.2 Å². The van der Waals surface area contributed by atoms with Crippen LogP contribution in [-0.2, 0) is 14.6 Å². The van der Waals surface area contributed by atoms with Gasteiger partial charge in [0.25, 0.3) is 5.91 Å². The largest absolute Gasteiger partial charge is 0.383 e. The number of aryl methyl sites for hydroxylation is 1. The Morgan fingerprint density at radius 3 is 2.78 bits per heavy atom. The molecule has 3 heterocycles. The molecule has 10 heteroatoms. The maximum atomic E-state index is 14.6. The van der Waals surface area contributed by atoms with Crippen molar-refractivity contribution in [3.8, 4) is 11.3 Å². The van der Waals surface area contributed by atoms with Gasteiger partial charge in [-0.1, -0.05) is 12.1 Å². The van der Waals surface area contributed by atoms with Gasteiger partial charge in [-0.05, 0) is 38.5 Å². The van der Waals surface area contributed by atoms with E-state index in [0.29, 0.717) is 35.3 Å². The van der Waals surface area contributed by atoms with E-state index in [1.54, 1.807) is 43.0 Å². The predicted molar refractivity (Wildman–Crippen MR) is 119 cm³/mol. The summed E-state index contributed by atoms with van der Waals surface area (Å²) in [6.45, 7) is 3.90. The van der Waals surface area contributed by atoms with E-state index < -0.39 is 15.7 Å². The minimum absolute atomic E-state index is 0.0404. The lowest BCUT2D eigenvalue weighted by Crippen LogP contribution is -2.35. The second-order valence-electron chi connectivity index (χ2n) is 8.15. The van der Waals surface area contributed by atoms with Crippen molar-refractivity contribution in [2.45, 2.75) is 32.4 Å². The van der Waals surface area contributed by atoms with E-state index in [9.17, 15) is 17.6 Å². The lowest BCUT2D eigenvalue weighted by Gasteiger charge is -2.15. The number of aromatic nitrogens is 3. The highest BCUT2D eigenvalue weighted by atomic mass is 32.2. The van der Waals surface area contributed by atoms with E-state index in [1.807, 2.05) is 6.92 Å². The van der Waals surface area contributed by atoms with Crippen LogP contribution in [0, 0.1) is 12.7 Å². The minimum Gasteiger partial charge on any atom is -0.383 e. The summed E-state index contributed by atoms with van der Waals surface area (Å²) in [5.74, 6) is -0.792. The number of carbonyl (C=O) groups is 1. The molecule has 4 rings (SSSR count). The predicted octanol–water partition coefficient (Wildman–Crippen LogP) is 2.67. The monoisotopic (exact) mass is 460 g/mol. The Labute approximate surface area is 185 Å². The van der Waals surface area contributed by atoms with Crippen molar-refractivity contribution >= 4 is 26.8 Å². The van der Waals surface area contributed by atoms with E-state index in [1.165, 1.54) is 6.07 Å². The molecule has 0 aliphatic carbocycles. The molecule has 0 spiro atoms. The molecular formula is C22H25FN4O4S. The Bertz CT molecular complexity index is 1290. The highest BCUT2D eigenvalue weighted by Crippen LogP contribution is 2.32. The zero-order valence-corrected chi connectivity index (χ0v) is 18.9. The van der Waals surface area contributed by atoms with Gasteiger partial charge >= 0.3 is 0 Å². The van der Waals surface area contributed by atoms with E-state index in [0.717, 1.165) is 0 Å². The molecule has 1 aliphatic rings. The molecule has 1 amide bonds. The zero-order chi connectivity index (χ0) is 23.0. The SMILES string of the molecule is COCC(C)NC(=O)c1cc(-c2ccccc2F)nc2c1c(C)nn2C1CCS(=O)(=O)C1. The molecule has 1 aliphatic heterocycles. The summed E-state index contributed by atoms with van der Waals surface area (Å²) < 4.78 is 45.4. The fourth-order valence-electron chi connectivity index (χ4n) is 4.12. The number of rotatable bonds is 6. The number of halogens is 1. The molecule has 2 aromatic heterocycles. The molecule has 1 aromatic carbocycles. The molecule has 170 valence electrons.